The summed E-state index contributed by atoms with van der Waals surface area (Å²) in [7, 11) is 0. The quantitative estimate of drug-likeness (QED) is 0.890. The van der Waals surface area contributed by atoms with Gasteiger partial charge in [0.15, 0.2) is 11.5 Å². The largest absolute Gasteiger partial charge is 0.454 e. The molecule has 4 heteroatoms. The first-order valence-electron chi connectivity index (χ1n) is 6.62. The minimum atomic E-state index is 0.337. The second-order valence-corrected chi connectivity index (χ2v) is 4.77. The zero-order chi connectivity index (χ0) is 12.2. The van der Waals surface area contributed by atoms with Crippen LogP contribution in [0.5, 0.6) is 11.5 Å². The molecule has 3 rings (SSSR count). The molecule has 1 fully saturated rings. The highest BCUT2D eigenvalue weighted by molar-refractivity contribution is 5.48. The van der Waals surface area contributed by atoms with Gasteiger partial charge >= 0.3 is 0 Å². The Bertz CT molecular complexity index is 400. The molecule has 0 amide bonds. The first-order chi connectivity index (χ1) is 8.93. The van der Waals surface area contributed by atoms with E-state index in [0.717, 1.165) is 44.1 Å². The van der Waals surface area contributed by atoms with Crippen molar-refractivity contribution in [2.75, 3.05) is 20.0 Å². The fourth-order valence-corrected chi connectivity index (χ4v) is 2.49. The number of fused-ring (bicyclic) bond motifs is 1. The monoisotopic (exact) mass is 249 g/mol. The molecule has 1 unspecified atom stereocenters. The highest BCUT2D eigenvalue weighted by Crippen LogP contribution is 2.35. The fraction of sp³-hybridized carbons (Fsp3) is 0.571. The number of rotatable bonds is 3. The van der Waals surface area contributed by atoms with Crippen LogP contribution in [0.4, 0.5) is 0 Å². The Balaban J connectivity index is 1.61. The van der Waals surface area contributed by atoms with Crippen molar-refractivity contribution >= 4 is 0 Å². The summed E-state index contributed by atoms with van der Waals surface area (Å²) in [5.41, 5.74) is 1.18. The van der Waals surface area contributed by atoms with Gasteiger partial charge in [0.1, 0.15) is 0 Å². The molecule has 2 aliphatic heterocycles. The van der Waals surface area contributed by atoms with Crippen LogP contribution in [0.1, 0.15) is 24.8 Å². The highest BCUT2D eigenvalue weighted by Gasteiger charge is 2.18. The molecule has 0 aromatic heterocycles. The van der Waals surface area contributed by atoms with Crippen molar-refractivity contribution in [3.8, 4) is 11.5 Å². The summed E-state index contributed by atoms with van der Waals surface area (Å²) in [4.78, 5) is 0. The average molecular weight is 249 g/mol. The third-order valence-electron chi connectivity index (χ3n) is 3.51. The molecule has 0 saturated carbocycles. The van der Waals surface area contributed by atoms with Gasteiger partial charge in [0.05, 0.1) is 0 Å². The summed E-state index contributed by atoms with van der Waals surface area (Å²) < 4.78 is 16.4. The molecular weight excluding hydrogens is 230 g/mol. The molecule has 0 bridgehead atoms. The van der Waals surface area contributed by atoms with E-state index in [1.54, 1.807) is 0 Å². The van der Waals surface area contributed by atoms with Crippen LogP contribution in [0.25, 0.3) is 0 Å². The van der Waals surface area contributed by atoms with Crippen molar-refractivity contribution in [2.45, 2.75) is 31.8 Å². The van der Waals surface area contributed by atoms with Crippen LogP contribution < -0.4 is 14.8 Å². The number of ether oxygens (including phenoxy) is 3. The van der Waals surface area contributed by atoms with Gasteiger partial charge in [-0.15, -0.1) is 0 Å². The summed E-state index contributed by atoms with van der Waals surface area (Å²) in [6.07, 6.45) is 3.42. The normalized spacial score (nSPS) is 22.8. The van der Waals surface area contributed by atoms with Gasteiger partial charge in [-0.25, -0.2) is 0 Å². The van der Waals surface area contributed by atoms with Gasteiger partial charge in [0, 0.05) is 31.4 Å². The highest BCUT2D eigenvalue weighted by atomic mass is 16.7. The van der Waals surface area contributed by atoms with Crippen molar-refractivity contribution in [1.29, 1.82) is 0 Å². The lowest BCUT2D eigenvalue weighted by Crippen LogP contribution is -2.28. The molecule has 1 aromatic rings. The maximum atomic E-state index is 5.51. The minimum absolute atomic E-state index is 0.337. The molecule has 2 aliphatic rings. The molecule has 0 aliphatic carbocycles. The lowest BCUT2D eigenvalue weighted by molar-refractivity contribution is 0.142. The minimum Gasteiger partial charge on any atom is -0.454 e. The number of hydrogen-bond acceptors (Lipinski definition) is 4. The molecule has 1 atom stereocenters. The van der Waals surface area contributed by atoms with Crippen molar-refractivity contribution in [2.24, 2.45) is 0 Å². The smallest absolute Gasteiger partial charge is 0.231 e. The molecule has 0 radical (unpaired) electrons. The maximum Gasteiger partial charge on any atom is 0.231 e. The Kier molecular flexibility index (Phi) is 3.67. The average Bonchev–Trinajstić information content (AvgIpc) is 2.73. The van der Waals surface area contributed by atoms with Crippen LogP contribution in [-0.2, 0) is 11.3 Å². The third-order valence-corrected chi connectivity index (χ3v) is 3.51. The van der Waals surface area contributed by atoms with Gasteiger partial charge in [-0.05, 0) is 25.3 Å². The first-order valence-corrected chi connectivity index (χ1v) is 6.62. The molecule has 0 spiro atoms. The van der Waals surface area contributed by atoms with Gasteiger partial charge in [-0.3, -0.25) is 0 Å². The molecule has 1 saturated heterocycles. The molecule has 1 N–H and O–H groups in total. The van der Waals surface area contributed by atoms with E-state index in [0.29, 0.717) is 12.8 Å². The Morgan fingerprint density at radius 3 is 3.17 bits per heavy atom. The summed E-state index contributed by atoms with van der Waals surface area (Å²) in [6, 6.07) is 6.60. The van der Waals surface area contributed by atoms with E-state index in [1.165, 1.54) is 12.0 Å². The van der Waals surface area contributed by atoms with E-state index in [-0.39, 0.29) is 0 Å². The SMILES string of the molecule is c1cc(CNC2CCCOCC2)c2c(c1)OCO2. The van der Waals surface area contributed by atoms with Crippen molar-refractivity contribution in [3.63, 3.8) is 0 Å². The molecule has 2 heterocycles. The van der Waals surface area contributed by atoms with Crippen LogP contribution >= 0.6 is 0 Å². The van der Waals surface area contributed by atoms with E-state index < -0.39 is 0 Å². The van der Waals surface area contributed by atoms with Crippen LogP contribution in [0.2, 0.25) is 0 Å². The summed E-state index contributed by atoms with van der Waals surface area (Å²) in [6.45, 7) is 2.93. The lowest BCUT2D eigenvalue weighted by Gasteiger charge is -2.16. The van der Waals surface area contributed by atoms with E-state index in [4.69, 9.17) is 14.2 Å². The first kappa shape index (κ1) is 11.8. The lowest BCUT2D eigenvalue weighted by atomic mass is 10.1. The zero-order valence-corrected chi connectivity index (χ0v) is 10.5. The number of para-hydroxylation sites is 1. The van der Waals surface area contributed by atoms with Gasteiger partial charge < -0.3 is 19.5 Å². The van der Waals surface area contributed by atoms with Crippen molar-refractivity contribution < 1.29 is 14.2 Å². The van der Waals surface area contributed by atoms with E-state index in [2.05, 4.69) is 11.4 Å². The van der Waals surface area contributed by atoms with Gasteiger partial charge in [-0.1, -0.05) is 12.1 Å². The van der Waals surface area contributed by atoms with Crippen molar-refractivity contribution in [3.05, 3.63) is 23.8 Å². The molecule has 4 nitrogen and oxygen atoms in total. The zero-order valence-electron chi connectivity index (χ0n) is 10.5. The molecule has 18 heavy (non-hydrogen) atoms. The number of nitrogens with one attached hydrogen (secondary N) is 1. The Morgan fingerprint density at radius 2 is 2.17 bits per heavy atom. The van der Waals surface area contributed by atoms with E-state index in [1.807, 2.05) is 12.1 Å². The summed E-state index contributed by atoms with van der Waals surface area (Å²) in [5.74, 6) is 1.76. The Morgan fingerprint density at radius 1 is 1.17 bits per heavy atom. The number of benzene rings is 1. The molecular formula is C14H19NO3. The Hall–Kier alpha value is -1.26. The van der Waals surface area contributed by atoms with Gasteiger partial charge in [-0.2, -0.15) is 0 Å². The van der Waals surface area contributed by atoms with Crippen LogP contribution in [0, 0.1) is 0 Å². The van der Waals surface area contributed by atoms with E-state index in [9.17, 15) is 0 Å². The predicted octanol–water partition coefficient (Wildman–Crippen LogP) is 2.07. The summed E-state index contributed by atoms with van der Waals surface area (Å²) >= 11 is 0. The standard InChI is InChI=1S/C14H19NO3/c1-3-11(14-13(5-1)17-10-18-14)9-15-12-4-2-7-16-8-6-12/h1,3,5,12,15H,2,4,6-10H2. The molecule has 98 valence electrons. The van der Waals surface area contributed by atoms with Gasteiger partial charge in [0.25, 0.3) is 0 Å². The molecule has 1 aromatic carbocycles. The van der Waals surface area contributed by atoms with Crippen LogP contribution in [0.3, 0.4) is 0 Å². The second kappa shape index (κ2) is 5.59. The third kappa shape index (κ3) is 2.60. The number of hydrogen-bond donors (Lipinski definition) is 1. The predicted molar refractivity (Wildman–Crippen MR) is 67.9 cm³/mol. The van der Waals surface area contributed by atoms with Crippen LogP contribution in [-0.4, -0.2) is 26.0 Å². The maximum absolute atomic E-state index is 5.51. The second-order valence-electron chi connectivity index (χ2n) is 4.77. The summed E-state index contributed by atoms with van der Waals surface area (Å²) in [5, 5.41) is 3.59. The van der Waals surface area contributed by atoms with Crippen molar-refractivity contribution in [1.82, 2.24) is 5.32 Å². The fourth-order valence-electron chi connectivity index (χ4n) is 2.49. The van der Waals surface area contributed by atoms with Crippen LogP contribution in [0.15, 0.2) is 18.2 Å². The Labute approximate surface area is 107 Å². The van der Waals surface area contributed by atoms with E-state index >= 15 is 0 Å². The van der Waals surface area contributed by atoms with Gasteiger partial charge in [0.2, 0.25) is 6.79 Å². The topological polar surface area (TPSA) is 39.7 Å².